The average molecular weight is 200 g/mol. The SMILES string of the molecule is CCS(=O)(=O)NCCS(N)=O. The molecule has 0 rings (SSSR count). The summed E-state index contributed by atoms with van der Waals surface area (Å²) < 4.78 is 34.0. The van der Waals surface area contributed by atoms with E-state index in [2.05, 4.69) is 4.72 Å². The lowest BCUT2D eigenvalue weighted by Gasteiger charge is -2.01. The molecule has 0 saturated carbocycles. The Labute approximate surface area is 69.0 Å². The van der Waals surface area contributed by atoms with Gasteiger partial charge >= 0.3 is 0 Å². The number of nitrogens with two attached hydrogens (primary N) is 1. The van der Waals surface area contributed by atoms with E-state index < -0.39 is 21.0 Å². The molecule has 7 heteroatoms. The summed E-state index contributed by atoms with van der Waals surface area (Å²) in [6, 6.07) is 0. The van der Waals surface area contributed by atoms with E-state index in [1.165, 1.54) is 6.92 Å². The molecule has 0 fully saturated rings. The largest absolute Gasteiger partial charge is 0.252 e. The van der Waals surface area contributed by atoms with Crippen molar-refractivity contribution in [1.29, 1.82) is 0 Å². The van der Waals surface area contributed by atoms with Gasteiger partial charge in [0.1, 0.15) is 0 Å². The summed E-state index contributed by atoms with van der Waals surface area (Å²) in [4.78, 5) is 0. The van der Waals surface area contributed by atoms with Gasteiger partial charge in [0.25, 0.3) is 0 Å². The first-order chi connectivity index (χ1) is 4.98. The van der Waals surface area contributed by atoms with Gasteiger partial charge in [-0.1, -0.05) is 0 Å². The van der Waals surface area contributed by atoms with Gasteiger partial charge in [0, 0.05) is 6.54 Å². The molecule has 0 bridgehead atoms. The second-order valence-corrected chi connectivity index (χ2v) is 5.15. The Balaban J connectivity index is 3.63. The second-order valence-electron chi connectivity index (χ2n) is 1.88. The standard InChI is InChI=1S/C4H12N2O3S2/c1-2-11(8,9)6-3-4-10(5)7/h6H,2-5H2,1H3. The van der Waals surface area contributed by atoms with Crippen LogP contribution in [0.25, 0.3) is 0 Å². The molecule has 0 aliphatic heterocycles. The lowest BCUT2D eigenvalue weighted by Crippen LogP contribution is -2.30. The van der Waals surface area contributed by atoms with Crippen LogP contribution in [-0.4, -0.2) is 30.7 Å². The molecule has 3 N–H and O–H groups in total. The highest BCUT2D eigenvalue weighted by Crippen LogP contribution is 1.80. The van der Waals surface area contributed by atoms with E-state index in [9.17, 15) is 12.6 Å². The van der Waals surface area contributed by atoms with Crippen LogP contribution in [-0.2, 0) is 21.0 Å². The Kier molecular flexibility index (Phi) is 4.82. The number of rotatable bonds is 5. The third-order valence-corrected chi connectivity index (χ3v) is 3.02. The molecule has 0 aromatic rings. The third-order valence-electron chi connectivity index (χ3n) is 1.01. The number of hydrogen-bond acceptors (Lipinski definition) is 3. The van der Waals surface area contributed by atoms with Crippen molar-refractivity contribution in [1.82, 2.24) is 4.72 Å². The molecule has 0 radical (unpaired) electrons. The van der Waals surface area contributed by atoms with E-state index in [1.54, 1.807) is 0 Å². The van der Waals surface area contributed by atoms with Crippen molar-refractivity contribution in [2.45, 2.75) is 6.92 Å². The zero-order chi connectivity index (χ0) is 8.91. The van der Waals surface area contributed by atoms with E-state index in [4.69, 9.17) is 5.14 Å². The highest BCUT2D eigenvalue weighted by atomic mass is 32.2. The van der Waals surface area contributed by atoms with Crippen molar-refractivity contribution < 1.29 is 12.6 Å². The third kappa shape index (κ3) is 6.42. The van der Waals surface area contributed by atoms with Crippen LogP contribution in [0.5, 0.6) is 0 Å². The lowest BCUT2D eigenvalue weighted by molar-refractivity contribution is 0.585. The van der Waals surface area contributed by atoms with E-state index in [-0.39, 0.29) is 18.1 Å². The number of nitrogens with one attached hydrogen (secondary N) is 1. The summed E-state index contributed by atoms with van der Waals surface area (Å²) in [7, 11) is -4.58. The van der Waals surface area contributed by atoms with E-state index >= 15 is 0 Å². The number of hydrogen-bond donors (Lipinski definition) is 2. The zero-order valence-electron chi connectivity index (χ0n) is 6.24. The fourth-order valence-corrected chi connectivity index (χ4v) is 1.45. The number of sulfonamides is 1. The highest BCUT2D eigenvalue weighted by Gasteiger charge is 2.04. The topological polar surface area (TPSA) is 89.3 Å². The van der Waals surface area contributed by atoms with Crippen LogP contribution < -0.4 is 9.86 Å². The van der Waals surface area contributed by atoms with Crippen LogP contribution in [0.1, 0.15) is 6.92 Å². The summed E-state index contributed by atoms with van der Waals surface area (Å²) >= 11 is 0. The molecular formula is C4H12N2O3S2. The fourth-order valence-electron chi connectivity index (χ4n) is 0.400. The Morgan fingerprint density at radius 1 is 1.55 bits per heavy atom. The van der Waals surface area contributed by atoms with Crippen LogP contribution in [0.3, 0.4) is 0 Å². The normalized spacial score (nSPS) is 14.7. The van der Waals surface area contributed by atoms with Crippen LogP contribution in [0.15, 0.2) is 0 Å². The minimum Gasteiger partial charge on any atom is -0.252 e. The monoisotopic (exact) mass is 200 g/mol. The molecule has 0 spiro atoms. The van der Waals surface area contributed by atoms with Gasteiger partial charge in [-0.2, -0.15) is 0 Å². The molecule has 0 aromatic carbocycles. The maximum absolute atomic E-state index is 10.7. The lowest BCUT2D eigenvalue weighted by atomic mass is 10.8. The molecule has 68 valence electrons. The minimum atomic E-state index is -3.16. The average Bonchev–Trinajstić information content (AvgIpc) is 1.87. The summed E-state index contributed by atoms with van der Waals surface area (Å²) in [6.45, 7) is 1.67. The van der Waals surface area contributed by atoms with Gasteiger partial charge in [0.15, 0.2) is 0 Å². The summed E-state index contributed by atoms with van der Waals surface area (Å²) in [5.41, 5.74) is 0. The van der Waals surface area contributed by atoms with Crippen molar-refractivity contribution in [2.75, 3.05) is 18.1 Å². The molecule has 1 atom stereocenters. The van der Waals surface area contributed by atoms with Crippen LogP contribution in [0.2, 0.25) is 0 Å². The molecule has 0 aliphatic rings. The molecule has 0 amide bonds. The van der Waals surface area contributed by atoms with Gasteiger partial charge in [-0.3, -0.25) is 5.14 Å². The molecule has 0 aromatic heterocycles. The first-order valence-electron chi connectivity index (χ1n) is 3.08. The Morgan fingerprint density at radius 3 is 2.45 bits per heavy atom. The van der Waals surface area contributed by atoms with E-state index in [1.807, 2.05) is 0 Å². The molecule has 11 heavy (non-hydrogen) atoms. The second kappa shape index (κ2) is 4.81. The Bertz CT molecular complexity index is 223. The maximum Gasteiger partial charge on any atom is 0.211 e. The molecule has 0 heterocycles. The van der Waals surface area contributed by atoms with Crippen molar-refractivity contribution in [2.24, 2.45) is 5.14 Å². The van der Waals surface area contributed by atoms with Crippen molar-refractivity contribution in [3.8, 4) is 0 Å². The predicted molar refractivity (Wildman–Crippen MR) is 44.7 cm³/mol. The Morgan fingerprint density at radius 2 is 2.09 bits per heavy atom. The predicted octanol–water partition coefficient (Wildman–Crippen LogP) is -1.45. The minimum absolute atomic E-state index is 0.0320. The molecule has 1 unspecified atom stereocenters. The van der Waals surface area contributed by atoms with Gasteiger partial charge in [0.05, 0.1) is 22.5 Å². The molecule has 0 saturated heterocycles. The van der Waals surface area contributed by atoms with Crippen molar-refractivity contribution in [3.05, 3.63) is 0 Å². The van der Waals surface area contributed by atoms with Gasteiger partial charge in [-0.25, -0.2) is 17.3 Å². The van der Waals surface area contributed by atoms with Crippen molar-refractivity contribution >= 4 is 21.0 Å². The van der Waals surface area contributed by atoms with Crippen LogP contribution >= 0.6 is 0 Å². The summed E-state index contributed by atoms with van der Waals surface area (Å²) in [5.74, 6) is 0.184. The molecule has 5 nitrogen and oxygen atoms in total. The van der Waals surface area contributed by atoms with Gasteiger partial charge in [-0.15, -0.1) is 0 Å². The quantitative estimate of drug-likeness (QED) is 0.569. The van der Waals surface area contributed by atoms with Gasteiger partial charge in [0.2, 0.25) is 10.0 Å². The van der Waals surface area contributed by atoms with Crippen LogP contribution in [0, 0.1) is 0 Å². The Hall–Kier alpha value is 0.0200. The fraction of sp³-hybridized carbons (Fsp3) is 1.00. The highest BCUT2D eigenvalue weighted by molar-refractivity contribution is 7.89. The first-order valence-corrected chi connectivity index (χ1v) is 6.11. The first kappa shape index (κ1) is 11.0. The maximum atomic E-state index is 10.7. The van der Waals surface area contributed by atoms with Gasteiger partial charge in [-0.05, 0) is 6.92 Å². The van der Waals surface area contributed by atoms with Gasteiger partial charge < -0.3 is 0 Å². The van der Waals surface area contributed by atoms with E-state index in [0.717, 1.165) is 0 Å². The zero-order valence-corrected chi connectivity index (χ0v) is 7.87. The summed E-state index contributed by atoms with van der Waals surface area (Å²) in [5, 5.41) is 4.90. The smallest absolute Gasteiger partial charge is 0.211 e. The summed E-state index contributed by atoms with van der Waals surface area (Å²) in [6.07, 6.45) is 0. The van der Waals surface area contributed by atoms with Crippen molar-refractivity contribution in [3.63, 3.8) is 0 Å². The van der Waals surface area contributed by atoms with Crippen LogP contribution in [0.4, 0.5) is 0 Å². The molecule has 0 aliphatic carbocycles. The molecular weight excluding hydrogens is 188 g/mol. The van der Waals surface area contributed by atoms with E-state index in [0.29, 0.717) is 0 Å².